The van der Waals surface area contributed by atoms with Crippen LogP contribution >= 0.6 is 0 Å². The molecule has 0 radical (unpaired) electrons. The van der Waals surface area contributed by atoms with E-state index in [0.717, 1.165) is 0 Å². The molecule has 0 bridgehead atoms. The van der Waals surface area contributed by atoms with Gasteiger partial charge in [0.2, 0.25) is 0 Å². The molecule has 5 heteroatoms. The van der Waals surface area contributed by atoms with Crippen LogP contribution in [-0.4, -0.2) is 41.3 Å². The van der Waals surface area contributed by atoms with Crippen LogP contribution in [0.2, 0.25) is 0 Å². The van der Waals surface area contributed by atoms with Crippen molar-refractivity contribution in [3.63, 3.8) is 0 Å². The third kappa shape index (κ3) is 2.16. The minimum absolute atomic E-state index is 0.113. The largest absolute Gasteiger partial charge is 0.480 e. The fraction of sp³-hybridized carbons (Fsp3) is 0.778. The second kappa shape index (κ2) is 4.30. The Labute approximate surface area is 82.6 Å². The molecule has 0 saturated carbocycles. The van der Waals surface area contributed by atoms with Crippen LogP contribution in [0.5, 0.6) is 0 Å². The van der Waals surface area contributed by atoms with Gasteiger partial charge in [-0.05, 0) is 12.3 Å². The number of carboxylic acids is 1. The van der Waals surface area contributed by atoms with Crippen LogP contribution in [0, 0.1) is 5.92 Å². The number of carbonyl (C=O) groups is 2. The van der Waals surface area contributed by atoms with Crippen molar-refractivity contribution in [1.29, 1.82) is 0 Å². The van der Waals surface area contributed by atoms with Gasteiger partial charge in [0.1, 0.15) is 6.04 Å². The van der Waals surface area contributed by atoms with Crippen LogP contribution in [0.4, 0.5) is 4.79 Å². The molecule has 0 aromatic rings. The maximum absolute atomic E-state index is 11.3. The number of amides is 1. The number of cyclic esters (lactones) is 1. The first kappa shape index (κ1) is 10.8. The first-order valence-corrected chi connectivity index (χ1v) is 4.70. The van der Waals surface area contributed by atoms with Crippen LogP contribution < -0.4 is 0 Å². The van der Waals surface area contributed by atoms with Gasteiger partial charge in [-0.15, -0.1) is 0 Å². The summed E-state index contributed by atoms with van der Waals surface area (Å²) >= 11 is 0. The summed E-state index contributed by atoms with van der Waals surface area (Å²) in [7, 11) is 0. The summed E-state index contributed by atoms with van der Waals surface area (Å²) in [6.45, 7) is 4.41. The van der Waals surface area contributed by atoms with E-state index in [1.807, 2.05) is 0 Å². The Morgan fingerprint density at radius 3 is 2.64 bits per heavy atom. The van der Waals surface area contributed by atoms with Gasteiger partial charge in [0.15, 0.2) is 0 Å². The molecule has 1 N–H and O–H groups in total. The quantitative estimate of drug-likeness (QED) is 0.737. The summed E-state index contributed by atoms with van der Waals surface area (Å²) < 4.78 is 4.80. The molecular weight excluding hydrogens is 186 g/mol. The molecule has 0 unspecified atom stereocenters. The summed E-state index contributed by atoms with van der Waals surface area (Å²) in [6.07, 6.45) is 0.180. The summed E-state index contributed by atoms with van der Waals surface area (Å²) in [6, 6.07) is -0.775. The van der Waals surface area contributed by atoms with Crippen LogP contribution in [0.15, 0.2) is 0 Å². The van der Waals surface area contributed by atoms with Crippen LogP contribution in [-0.2, 0) is 9.53 Å². The Kier molecular flexibility index (Phi) is 3.33. The van der Waals surface area contributed by atoms with E-state index in [2.05, 4.69) is 0 Å². The zero-order valence-electron chi connectivity index (χ0n) is 8.40. The number of aliphatic carboxylic acids is 1. The number of rotatable bonds is 3. The standard InChI is InChI=1S/C9H15NO4/c1-6(2)7(8(11)12)10-4-3-5-14-9(10)13/h6-7H,3-5H2,1-2H3,(H,11,12)/t7-/m0/s1. The van der Waals surface area contributed by atoms with Gasteiger partial charge in [-0.25, -0.2) is 9.59 Å². The zero-order valence-corrected chi connectivity index (χ0v) is 8.40. The smallest absolute Gasteiger partial charge is 0.410 e. The minimum Gasteiger partial charge on any atom is -0.480 e. The predicted octanol–water partition coefficient (Wildman–Crippen LogP) is 0.938. The number of nitrogens with zero attached hydrogens (tertiary/aromatic N) is 1. The number of ether oxygens (including phenoxy) is 1. The monoisotopic (exact) mass is 201 g/mol. The Bertz CT molecular complexity index is 239. The first-order valence-electron chi connectivity index (χ1n) is 4.70. The van der Waals surface area contributed by atoms with Crippen LogP contribution in [0.1, 0.15) is 20.3 Å². The van der Waals surface area contributed by atoms with Crippen molar-refractivity contribution in [3.8, 4) is 0 Å². The third-order valence-electron chi connectivity index (χ3n) is 2.22. The maximum Gasteiger partial charge on any atom is 0.410 e. The van der Waals surface area contributed by atoms with Gasteiger partial charge in [-0.3, -0.25) is 4.90 Å². The molecule has 1 aliphatic rings. The van der Waals surface area contributed by atoms with Crippen molar-refractivity contribution >= 4 is 12.1 Å². The molecule has 1 fully saturated rings. The Morgan fingerprint density at radius 2 is 2.21 bits per heavy atom. The van der Waals surface area contributed by atoms with Gasteiger partial charge in [0.25, 0.3) is 0 Å². The maximum atomic E-state index is 11.3. The van der Waals surface area contributed by atoms with Gasteiger partial charge >= 0.3 is 12.1 Å². The lowest BCUT2D eigenvalue weighted by Crippen LogP contribution is -2.51. The Hall–Kier alpha value is -1.26. The average Bonchev–Trinajstić information content (AvgIpc) is 2.07. The topological polar surface area (TPSA) is 66.8 Å². The molecule has 5 nitrogen and oxygen atoms in total. The van der Waals surface area contributed by atoms with Gasteiger partial charge in [0.05, 0.1) is 6.61 Å². The highest BCUT2D eigenvalue weighted by Crippen LogP contribution is 2.16. The van der Waals surface area contributed by atoms with Gasteiger partial charge in [0, 0.05) is 6.54 Å². The molecule has 1 amide bonds. The molecule has 1 heterocycles. The fourth-order valence-corrected chi connectivity index (χ4v) is 1.60. The Balaban J connectivity index is 2.75. The third-order valence-corrected chi connectivity index (χ3v) is 2.22. The highest BCUT2D eigenvalue weighted by molar-refractivity contribution is 5.80. The van der Waals surface area contributed by atoms with Crippen molar-refractivity contribution in [2.24, 2.45) is 5.92 Å². The minimum atomic E-state index is -0.973. The molecule has 0 aliphatic carbocycles. The molecule has 80 valence electrons. The Morgan fingerprint density at radius 1 is 1.57 bits per heavy atom. The summed E-state index contributed by atoms with van der Waals surface area (Å²) in [4.78, 5) is 23.5. The van der Waals surface area contributed by atoms with E-state index in [0.29, 0.717) is 19.6 Å². The molecule has 1 atom stereocenters. The SMILES string of the molecule is CC(C)[C@@H](C(=O)O)N1CCCOC1=O. The number of carboxylic acid groups (broad SMARTS) is 1. The van der Waals surface area contributed by atoms with Gasteiger partial charge < -0.3 is 9.84 Å². The molecule has 1 rings (SSSR count). The molecular formula is C9H15NO4. The predicted molar refractivity (Wildman–Crippen MR) is 48.9 cm³/mol. The number of hydrogen-bond acceptors (Lipinski definition) is 3. The van der Waals surface area contributed by atoms with E-state index in [1.165, 1.54) is 4.90 Å². The number of carbonyl (C=O) groups excluding carboxylic acids is 1. The summed E-state index contributed by atoms with van der Waals surface area (Å²) in [5.41, 5.74) is 0. The van der Waals surface area contributed by atoms with Crippen LogP contribution in [0.3, 0.4) is 0 Å². The summed E-state index contributed by atoms with van der Waals surface area (Å²) in [5, 5.41) is 8.96. The summed E-state index contributed by atoms with van der Waals surface area (Å²) in [5.74, 6) is -1.09. The second-order valence-electron chi connectivity index (χ2n) is 3.69. The van der Waals surface area contributed by atoms with E-state index in [1.54, 1.807) is 13.8 Å². The molecule has 14 heavy (non-hydrogen) atoms. The van der Waals surface area contributed by atoms with Gasteiger partial charge in [-0.2, -0.15) is 0 Å². The van der Waals surface area contributed by atoms with Crippen LogP contribution in [0.25, 0.3) is 0 Å². The van der Waals surface area contributed by atoms with E-state index in [-0.39, 0.29) is 5.92 Å². The molecule has 1 saturated heterocycles. The molecule has 1 aliphatic heterocycles. The lowest BCUT2D eigenvalue weighted by Gasteiger charge is -2.33. The lowest BCUT2D eigenvalue weighted by atomic mass is 10.0. The molecule has 0 aromatic heterocycles. The van der Waals surface area contributed by atoms with E-state index < -0.39 is 18.1 Å². The lowest BCUT2D eigenvalue weighted by molar-refractivity contribution is -0.145. The molecule has 0 aromatic carbocycles. The van der Waals surface area contributed by atoms with E-state index in [4.69, 9.17) is 9.84 Å². The highest BCUT2D eigenvalue weighted by atomic mass is 16.6. The molecule has 0 spiro atoms. The van der Waals surface area contributed by atoms with Crippen molar-refractivity contribution in [1.82, 2.24) is 4.90 Å². The fourth-order valence-electron chi connectivity index (χ4n) is 1.60. The van der Waals surface area contributed by atoms with Crippen molar-refractivity contribution in [3.05, 3.63) is 0 Å². The first-order chi connectivity index (χ1) is 6.54. The van der Waals surface area contributed by atoms with Gasteiger partial charge in [-0.1, -0.05) is 13.8 Å². The average molecular weight is 201 g/mol. The van der Waals surface area contributed by atoms with E-state index >= 15 is 0 Å². The second-order valence-corrected chi connectivity index (χ2v) is 3.69. The normalized spacial score (nSPS) is 19.4. The zero-order chi connectivity index (χ0) is 10.7. The number of hydrogen-bond donors (Lipinski definition) is 1. The van der Waals surface area contributed by atoms with Crippen molar-refractivity contribution in [2.45, 2.75) is 26.3 Å². The van der Waals surface area contributed by atoms with Crippen molar-refractivity contribution in [2.75, 3.05) is 13.2 Å². The van der Waals surface area contributed by atoms with Crippen molar-refractivity contribution < 1.29 is 19.4 Å². The highest BCUT2D eigenvalue weighted by Gasteiger charge is 2.34. The van der Waals surface area contributed by atoms with E-state index in [9.17, 15) is 9.59 Å².